The van der Waals surface area contributed by atoms with Gasteiger partial charge >= 0.3 is 12.3 Å². The first-order valence-corrected chi connectivity index (χ1v) is 7.26. The molecule has 0 fully saturated rings. The van der Waals surface area contributed by atoms with Crippen molar-refractivity contribution in [3.63, 3.8) is 0 Å². The lowest BCUT2D eigenvalue weighted by atomic mass is 10.1. The van der Waals surface area contributed by atoms with Crippen molar-refractivity contribution in [3.05, 3.63) is 65.2 Å². The summed E-state index contributed by atoms with van der Waals surface area (Å²) in [6, 6.07) is 12.2. The van der Waals surface area contributed by atoms with Gasteiger partial charge in [-0.15, -0.1) is 0 Å². The van der Waals surface area contributed by atoms with Gasteiger partial charge in [-0.25, -0.2) is 4.79 Å². The predicted molar refractivity (Wildman–Crippen MR) is 87.4 cm³/mol. The van der Waals surface area contributed by atoms with E-state index in [1.807, 2.05) is 18.2 Å². The van der Waals surface area contributed by atoms with E-state index < -0.39 is 17.8 Å². The second kappa shape index (κ2) is 8.11. The Labute approximate surface area is 142 Å². The van der Waals surface area contributed by atoms with E-state index in [-0.39, 0.29) is 24.4 Å². The van der Waals surface area contributed by atoms with Crippen LogP contribution in [0, 0.1) is 11.8 Å². The third-order valence-electron chi connectivity index (χ3n) is 3.11. The van der Waals surface area contributed by atoms with Gasteiger partial charge in [-0.3, -0.25) is 0 Å². The van der Waals surface area contributed by atoms with Gasteiger partial charge in [-0.2, -0.15) is 13.2 Å². The van der Waals surface area contributed by atoms with Crippen LogP contribution >= 0.6 is 0 Å². The molecule has 2 aromatic carbocycles. The number of benzene rings is 2. The van der Waals surface area contributed by atoms with Crippen molar-refractivity contribution in [1.29, 1.82) is 0 Å². The highest BCUT2D eigenvalue weighted by molar-refractivity contribution is 5.67. The molecule has 7 heteroatoms. The fraction of sp³-hybridized carbons (Fsp3) is 0.167. The number of nitrogens with two attached hydrogens (primary N) is 1. The normalized spacial score (nSPS) is 10.5. The number of alkyl carbamates (subject to hydrolysis) is 1. The van der Waals surface area contributed by atoms with Crippen LogP contribution < -0.4 is 11.1 Å². The van der Waals surface area contributed by atoms with E-state index in [2.05, 4.69) is 17.2 Å². The number of nitrogens with one attached hydrogen (secondary N) is 1. The van der Waals surface area contributed by atoms with Crippen LogP contribution in [-0.4, -0.2) is 12.6 Å². The molecular weight excluding hydrogens is 333 g/mol. The van der Waals surface area contributed by atoms with Crippen LogP contribution in [0.15, 0.2) is 48.5 Å². The van der Waals surface area contributed by atoms with E-state index in [1.165, 1.54) is 0 Å². The van der Waals surface area contributed by atoms with Crippen molar-refractivity contribution in [3.8, 4) is 11.8 Å². The van der Waals surface area contributed by atoms with Gasteiger partial charge in [0.1, 0.15) is 6.61 Å². The fourth-order valence-corrected chi connectivity index (χ4v) is 1.94. The molecule has 0 aliphatic heterocycles. The van der Waals surface area contributed by atoms with Crippen LogP contribution in [0.25, 0.3) is 0 Å². The maximum atomic E-state index is 12.9. The molecule has 0 saturated carbocycles. The minimum atomic E-state index is -4.53. The molecule has 0 atom stereocenters. The summed E-state index contributed by atoms with van der Waals surface area (Å²) >= 11 is 0. The van der Waals surface area contributed by atoms with Crippen LogP contribution in [0.1, 0.15) is 16.7 Å². The van der Waals surface area contributed by atoms with E-state index >= 15 is 0 Å². The molecule has 0 saturated heterocycles. The van der Waals surface area contributed by atoms with E-state index in [9.17, 15) is 18.0 Å². The summed E-state index contributed by atoms with van der Waals surface area (Å²) in [5, 5.41) is 2.35. The maximum Gasteiger partial charge on any atom is 0.417 e. The van der Waals surface area contributed by atoms with Crippen LogP contribution in [0.4, 0.5) is 23.7 Å². The molecule has 0 bridgehead atoms. The first-order chi connectivity index (χ1) is 11.9. The first-order valence-electron chi connectivity index (χ1n) is 7.26. The summed E-state index contributed by atoms with van der Waals surface area (Å²) in [5.74, 6) is 4.82. The number of alkyl halides is 3. The highest BCUT2D eigenvalue weighted by atomic mass is 19.4. The summed E-state index contributed by atoms with van der Waals surface area (Å²) < 4.78 is 43.6. The Kier molecular flexibility index (Phi) is 5.90. The molecule has 0 aromatic heterocycles. The number of carbonyl (C=O) groups excluding carboxylic acids is 1. The van der Waals surface area contributed by atoms with Gasteiger partial charge < -0.3 is 15.8 Å². The summed E-state index contributed by atoms with van der Waals surface area (Å²) in [7, 11) is 0. The lowest BCUT2D eigenvalue weighted by Crippen LogP contribution is -2.24. The maximum absolute atomic E-state index is 12.9. The Hall–Kier alpha value is -3.14. The van der Waals surface area contributed by atoms with E-state index in [4.69, 9.17) is 10.5 Å². The van der Waals surface area contributed by atoms with Gasteiger partial charge in [0.05, 0.1) is 12.1 Å². The number of anilines is 1. The number of ether oxygens (including phenoxy) is 1. The zero-order chi connectivity index (χ0) is 18.3. The van der Waals surface area contributed by atoms with Crippen molar-refractivity contribution in [2.75, 3.05) is 12.3 Å². The van der Waals surface area contributed by atoms with Crippen molar-refractivity contribution >= 4 is 11.8 Å². The van der Waals surface area contributed by atoms with Gasteiger partial charge in [0, 0.05) is 11.3 Å². The van der Waals surface area contributed by atoms with Crippen molar-refractivity contribution in [2.24, 2.45) is 0 Å². The molecule has 0 aliphatic rings. The molecule has 25 heavy (non-hydrogen) atoms. The summed E-state index contributed by atoms with van der Waals surface area (Å²) in [4.78, 5) is 11.5. The van der Waals surface area contributed by atoms with Crippen LogP contribution in [0.3, 0.4) is 0 Å². The highest BCUT2D eigenvalue weighted by Gasteiger charge is 2.32. The second-order valence-electron chi connectivity index (χ2n) is 5.02. The van der Waals surface area contributed by atoms with Crippen LogP contribution in [0.2, 0.25) is 0 Å². The largest absolute Gasteiger partial charge is 0.445 e. The predicted octanol–water partition coefficient (Wildman–Crippen LogP) is 3.57. The SMILES string of the molecule is Nc1ccc(C(F)(F)F)c(C#CCNC(=O)OCc2ccccc2)c1. The van der Waals surface area contributed by atoms with Crippen LogP contribution in [-0.2, 0) is 17.5 Å². The minimum Gasteiger partial charge on any atom is -0.445 e. The van der Waals surface area contributed by atoms with Crippen molar-refractivity contribution in [1.82, 2.24) is 5.32 Å². The number of rotatable bonds is 3. The van der Waals surface area contributed by atoms with Gasteiger partial charge in [0.2, 0.25) is 0 Å². The minimum absolute atomic E-state index is 0.0908. The fourth-order valence-electron chi connectivity index (χ4n) is 1.94. The molecule has 3 N–H and O–H groups in total. The van der Waals surface area contributed by atoms with Gasteiger partial charge in [0.15, 0.2) is 0 Å². The Balaban J connectivity index is 1.90. The van der Waals surface area contributed by atoms with Gasteiger partial charge in [0.25, 0.3) is 0 Å². The number of carbonyl (C=O) groups is 1. The highest BCUT2D eigenvalue weighted by Crippen LogP contribution is 2.32. The second-order valence-corrected chi connectivity index (χ2v) is 5.02. The third kappa shape index (κ3) is 5.77. The smallest absolute Gasteiger partial charge is 0.417 e. The molecular formula is C18H15F3N2O2. The molecule has 2 aromatic rings. The first kappa shape index (κ1) is 18.2. The number of amides is 1. The molecule has 2 rings (SSSR count). The van der Waals surface area contributed by atoms with Crippen molar-refractivity contribution < 1.29 is 22.7 Å². The molecule has 0 unspecified atom stereocenters. The average molecular weight is 348 g/mol. The third-order valence-corrected chi connectivity index (χ3v) is 3.11. The topological polar surface area (TPSA) is 64.3 Å². The Morgan fingerprint density at radius 1 is 1.16 bits per heavy atom. The molecule has 0 radical (unpaired) electrons. The molecule has 0 spiro atoms. The summed E-state index contributed by atoms with van der Waals surface area (Å²) in [6.45, 7) is -0.0622. The number of nitrogen functional groups attached to an aromatic ring is 1. The number of halogens is 3. The zero-order valence-corrected chi connectivity index (χ0v) is 13.1. The Morgan fingerprint density at radius 3 is 2.56 bits per heavy atom. The Morgan fingerprint density at radius 2 is 1.88 bits per heavy atom. The summed E-state index contributed by atoms with van der Waals surface area (Å²) in [5.41, 5.74) is 5.37. The molecule has 4 nitrogen and oxygen atoms in total. The van der Waals surface area contributed by atoms with E-state index in [1.54, 1.807) is 12.1 Å². The standard InChI is InChI=1S/C18H15F3N2O2/c19-18(20,21)16-9-8-15(22)11-14(16)7-4-10-23-17(24)25-12-13-5-2-1-3-6-13/h1-3,5-6,8-9,11H,10,12,22H2,(H,23,24). The molecule has 1 amide bonds. The molecule has 0 aliphatic carbocycles. The van der Waals surface area contributed by atoms with E-state index in [0.717, 1.165) is 23.8 Å². The lowest BCUT2D eigenvalue weighted by molar-refractivity contribution is -0.137. The van der Waals surface area contributed by atoms with Gasteiger partial charge in [-0.05, 0) is 23.8 Å². The zero-order valence-electron chi connectivity index (χ0n) is 13.1. The Bertz CT molecular complexity index is 793. The summed E-state index contributed by atoms with van der Waals surface area (Å²) in [6.07, 6.45) is -5.23. The number of hydrogen-bond acceptors (Lipinski definition) is 3. The average Bonchev–Trinajstić information content (AvgIpc) is 2.57. The van der Waals surface area contributed by atoms with Crippen molar-refractivity contribution in [2.45, 2.75) is 12.8 Å². The van der Waals surface area contributed by atoms with E-state index in [0.29, 0.717) is 0 Å². The lowest BCUT2D eigenvalue weighted by Gasteiger charge is -2.09. The van der Waals surface area contributed by atoms with Crippen LogP contribution in [0.5, 0.6) is 0 Å². The molecule has 0 heterocycles. The number of hydrogen-bond donors (Lipinski definition) is 2. The van der Waals surface area contributed by atoms with Gasteiger partial charge in [-0.1, -0.05) is 42.2 Å². The molecule has 130 valence electrons. The monoisotopic (exact) mass is 348 g/mol. The quantitative estimate of drug-likeness (QED) is 0.658.